The highest BCUT2D eigenvalue weighted by molar-refractivity contribution is 7.48. The van der Waals surface area contributed by atoms with E-state index in [1.165, 1.54) is 16.4 Å². The van der Waals surface area contributed by atoms with E-state index in [-0.39, 0.29) is 11.9 Å². The molecule has 2 rings (SSSR count). The summed E-state index contributed by atoms with van der Waals surface area (Å²) >= 11 is 0. The van der Waals surface area contributed by atoms with E-state index in [1.807, 2.05) is 13.3 Å². The zero-order chi connectivity index (χ0) is 18.3. The average molecular weight is 357 g/mol. The van der Waals surface area contributed by atoms with Crippen molar-refractivity contribution in [2.24, 2.45) is 4.99 Å². The van der Waals surface area contributed by atoms with E-state index >= 15 is 0 Å². The first kappa shape index (κ1) is 19.6. The van der Waals surface area contributed by atoms with E-state index in [0.29, 0.717) is 8.58 Å². The predicted octanol–water partition coefficient (Wildman–Crippen LogP) is 4.66. The molecule has 4 heteroatoms. The van der Waals surface area contributed by atoms with E-state index in [2.05, 4.69) is 68.2 Å². The lowest BCUT2D eigenvalue weighted by Gasteiger charge is -2.32. The van der Waals surface area contributed by atoms with Crippen molar-refractivity contribution in [1.82, 2.24) is 0 Å². The van der Waals surface area contributed by atoms with Gasteiger partial charge in [0, 0.05) is 31.1 Å². The maximum Gasteiger partial charge on any atom is 0.188 e. The minimum atomic E-state index is -0.00716. The molecule has 0 radical (unpaired) electrons. The summed E-state index contributed by atoms with van der Waals surface area (Å²) in [6, 6.07) is 14.9. The van der Waals surface area contributed by atoms with Gasteiger partial charge in [-0.2, -0.15) is 0 Å². The van der Waals surface area contributed by atoms with Gasteiger partial charge in [0.15, 0.2) is 6.79 Å². The van der Waals surface area contributed by atoms with Crippen LogP contribution in [0.2, 0.25) is 0 Å². The molecule has 0 saturated heterocycles. The van der Waals surface area contributed by atoms with Gasteiger partial charge in [-0.3, -0.25) is 4.99 Å². The van der Waals surface area contributed by atoms with Crippen molar-refractivity contribution in [2.75, 3.05) is 21.0 Å². The minimum Gasteiger partial charge on any atom is -0.467 e. The molecule has 2 aromatic rings. The van der Waals surface area contributed by atoms with E-state index in [0.717, 1.165) is 17.7 Å². The van der Waals surface area contributed by atoms with Crippen LogP contribution in [0.1, 0.15) is 37.0 Å². The molecule has 0 aromatic heterocycles. The quantitative estimate of drug-likeness (QED) is 0.391. The number of rotatable bonds is 8. The number of methoxy groups -OCH3 is 1. The fraction of sp³-hybridized carbons (Fsp3) is 0.381. The van der Waals surface area contributed by atoms with E-state index < -0.39 is 0 Å². The van der Waals surface area contributed by atoms with Crippen LogP contribution >= 0.6 is 8.58 Å². The number of hydrogen-bond acceptors (Lipinski definition) is 3. The molecule has 2 unspecified atom stereocenters. The van der Waals surface area contributed by atoms with Crippen molar-refractivity contribution in [3.63, 3.8) is 0 Å². The first-order valence-corrected chi connectivity index (χ1v) is 9.57. The van der Waals surface area contributed by atoms with Gasteiger partial charge in [0.05, 0.1) is 0 Å². The number of ether oxygens (including phenoxy) is 2. The molecule has 0 N–H and O–H groups in total. The van der Waals surface area contributed by atoms with Crippen LogP contribution in [0.4, 0.5) is 0 Å². The largest absolute Gasteiger partial charge is 0.467 e. The molecule has 2 atom stereocenters. The molecule has 0 aliphatic carbocycles. The summed E-state index contributed by atoms with van der Waals surface area (Å²) in [5, 5.41) is 1.32. The lowest BCUT2D eigenvalue weighted by Crippen LogP contribution is -2.21. The Morgan fingerprint density at radius 1 is 1.16 bits per heavy atom. The van der Waals surface area contributed by atoms with Crippen molar-refractivity contribution in [3.8, 4) is 5.75 Å². The maximum atomic E-state index is 5.94. The minimum absolute atomic E-state index is 0.00716. The molecule has 0 bridgehead atoms. The van der Waals surface area contributed by atoms with Crippen molar-refractivity contribution >= 4 is 20.1 Å². The highest BCUT2D eigenvalue weighted by atomic mass is 31.1. The number of aryl methyl sites for hydroxylation is 1. The zero-order valence-corrected chi connectivity index (χ0v) is 16.8. The average Bonchev–Trinajstić information content (AvgIpc) is 2.62. The van der Waals surface area contributed by atoms with Crippen LogP contribution in [0.3, 0.4) is 0 Å². The Kier molecular flexibility index (Phi) is 7.16. The van der Waals surface area contributed by atoms with Crippen LogP contribution < -0.4 is 10.0 Å². The normalized spacial score (nSPS) is 14.3. The third-order valence-corrected chi connectivity index (χ3v) is 6.37. The fourth-order valence-corrected chi connectivity index (χ4v) is 4.48. The Morgan fingerprint density at radius 3 is 2.60 bits per heavy atom. The topological polar surface area (TPSA) is 30.8 Å². The van der Waals surface area contributed by atoms with Crippen LogP contribution in [0.5, 0.6) is 5.75 Å². The highest BCUT2D eigenvalue weighted by Gasteiger charge is 2.30. The van der Waals surface area contributed by atoms with Gasteiger partial charge in [-0.1, -0.05) is 64.9 Å². The standard InChI is InChI=1S/C21H28NO2P/c1-6-21(3,25-19-13-8-7-11-17(19)14-22-4)18-12-9-10-16(2)20(18)24-15-23-5/h7-14,25H,6,15H2,1-5H3. The summed E-state index contributed by atoms with van der Waals surface area (Å²) in [5.74, 6) is 0.947. The zero-order valence-electron chi connectivity index (χ0n) is 15.8. The van der Waals surface area contributed by atoms with Gasteiger partial charge in [-0.15, -0.1) is 0 Å². The van der Waals surface area contributed by atoms with Gasteiger partial charge in [0.1, 0.15) is 5.75 Å². The molecule has 0 aliphatic heterocycles. The van der Waals surface area contributed by atoms with Gasteiger partial charge in [-0.25, -0.2) is 0 Å². The molecule has 0 heterocycles. The number of aliphatic imine (C=N–C) groups is 1. The monoisotopic (exact) mass is 357 g/mol. The SMILES string of the molecule is CCC(C)(Pc1ccccc1C=NC)c1cccc(C)c1OCOC. The van der Waals surface area contributed by atoms with Gasteiger partial charge in [-0.05, 0) is 29.8 Å². The van der Waals surface area contributed by atoms with Crippen molar-refractivity contribution in [2.45, 2.75) is 32.3 Å². The molecular weight excluding hydrogens is 329 g/mol. The van der Waals surface area contributed by atoms with Crippen molar-refractivity contribution < 1.29 is 9.47 Å². The van der Waals surface area contributed by atoms with Crippen LogP contribution in [-0.2, 0) is 9.89 Å². The van der Waals surface area contributed by atoms with Gasteiger partial charge in [0.2, 0.25) is 0 Å². The second-order valence-electron chi connectivity index (χ2n) is 6.29. The number of hydrogen-bond donors (Lipinski definition) is 0. The van der Waals surface area contributed by atoms with Crippen LogP contribution in [0.25, 0.3) is 0 Å². The van der Waals surface area contributed by atoms with Gasteiger partial charge < -0.3 is 9.47 Å². The van der Waals surface area contributed by atoms with E-state index in [9.17, 15) is 0 Å². The Bertz CT molecular complexity index is 730. The molecule has 0 aliphatic rings. The van der Waals surface area contributed by atoms with E-state index in [1.54, 1.807) is 7.11 Å². The summed E-state index contributed by atoms with van der Waals surface area (Å²) in [6.45, 7) is 6.91. The van der Waals surface area contributed by atoms with Crippen LogP contribution in [0, 0.1) is 6.92 Å². The number of para-hydroxylation sites is 1. The maximum absolute atomic E-state index is 5.94. The smallest absolute Gasteiger partial charge is 0.188 e. The first-order chi connectivity index (χ1) is 12.1. The second-order valence-corrected chi connectivity index (χ2v) is 8.18. The molecule has 0 spiro atoms. The Balaban J connectivity index is 2.46. The second kappa shape index (κ2) is 9.12. The molecular formula is C21H28NO2P. The molecule has 2 aromatic carbocycles. The third kappa shape index (κ3) is 4.68. The lowest BCUT2D eigenvalue weighted by molar-refractivity contribution is 0.0495. The molecule has 25 heavy (non-hydrogen) atoms. The Morgan fingerprint density at radius 2 is 1.92 bits per heavy atom. The van der Waals surface area contributed by atoms with Gasteiger partial charge in [0.25, 0.3) is 0 Å². The summed E-state index contributed by atoms with van der Waals surface area (Å²) in [7, 11) is 4.09. The van der Waals surface area contributed by atoms with E-state index in [4.69, 9.17) is 9.47 Å². The Hall–Kier alpha value is -1.70. The Labute approximate surface area is 153 Å². The molecule has 0 fully saturated rings. The molecule has 0 saturated carbocycles. The predicted molar refractivity (Wildman–Crippen MR) is 109 cm³/mol. The number of nitrogens with zero attached hydrogens (tertiary/aromatic N) is 1. The lowest BCUT2D eigenvalue weighted by atomic mass is 9.94. The van der Waals surface area contributed by atoms with Crippen molar-refractivity contribution in [1.29, 1.82) is 0 Å². The molecule has 0 amide bonds. The van der Waals surface area contributed by atoms with Crippen LogP contribution in [0.15, 0.2) is 47.5 Å². The number of benzene rings is 2. The van der Waals surface area contributed by atoms with Crippen molar-refractivity contribution in [3.05, 3.63) is 59.2 Å². The molecule has 134 valence electrons. The summed E-state index contributed by atoms with van der Waals surface area (Å²) < 4.78 is 11.1. The summed E-state index contributed by atoms with van der Waals surface area (Å²) in [6.07, 6.45) is 2.97. The van der Waals surface area contributed by atoms with Gasteiger partial charge >= 0.3 is 0 Å². The van der Waals surface area contributed by atoms with Crippen LogP contribution in [-0.4, -0.2) is 27.2 Å². The fourth-order valence-electron chi connectivity index (χ4n) is 2.90. The highest BCUT2D eigenvalue weighted by Crippen LogP contribution is 2.48. The first-order valence-electron chi connectivity index (χ1n) is 8.57. The molecule has 3 nitrogen and oxygen atoms in total. The summed E-state index contributed by atoms with van der Waals surface area (Å²) in [4.78, 5) is 4.21. The third-order valence-electron chi connectivity index (χ3n) is 4.47. The summed E-state index contributed by atoms with van der Waals surface area (Å²) in [5.41, 5.74) is 3.58.